The molecule has 0 saturated carbocycles. The molecule has 0 saturated heterocycles. The summed E-state index contributed by atoms with van der Waals surface area (Å²) in [5.74, 6) is -0.111. The van der Waals surface area contributed by atoms with E-state index in [9.17, 15) is 4.79 Å². The van der Waals surface area contributed by atoms with Crippen molar-refractivity contribution in [2.45, 2.75) is 18.9 Å². The Morgan fingerprint density at radius 3 is 3.00 bits per heavy atom. The summed E-state index contributed by atoms with van der Waals surface area (Å²) in [4.78, 5) is 10.9. The molecule has 0 radical (unpaired) electrons. The minimum atomic E-state index is -0.857. The van der Waals surface area contributed by atoms with Gasteiger partial charge in [-0.3, -0.25) is 0 Å². The van der Waals surface area contributed by atoms with Crippen LogP contribution in [0.3, 0.4) is 0 Å². The fraction of sp³-hybridized carbons (Fsp3) is 0.364. The highest BCUT2D eigenvalue weighted by atomic mass is 35.5. The Hall–Kier alpha value is -1.42. The van der Waals surface area contributed by atoms with Crippen LogP contribution >= 0.6 is 11.6 Å². The number of carbonyl (C=O) groups is 1. The van der Waals surface area contributed by atoms with Gasteiger partial charge < -0.3 is 15.2 Å². The molecule has 1 atom stereocenters. The quantitative estimate of drug-likeness (QED) is 0.833. The van der Waals surface area contributed by atoms with E-state index in [1.54, 1.807) is 19.2 Å². The van der Waals surface area contributed by atoms with E-state index in [0.29, 0.717) is 23.6 Å². The molecule has 86 valence electrons. The highest BCUT2D eigenvalue weighted by molar-refractivity contribution is 6.33. The molecule has 1 aliphatic heterocycles. The van der Waals surface area contributed by atoms with Crippen LogP contribution in [0, 0.1) is 0 Å². The van der Waals surface area contributed by atoms with Crippen LogP contribution in [-0.4, -0.2) is 24.2 Å². The molecule has 1 unspecified atom stereocenters. The van der Waals surface area contributed by atoms with Crippen LogP contribution < -0.4 is 10.1 Å². The van der Waals surface area contributed by atoms with Crippen molar-refractivity contribution in [3.63, 3.8) is 0 Å². The number of ether oxygens (including phenoxy) is 1. The van der Waals surface area contributed by atoms with Crippen molar-refractivity contribution in [2.24, 2.45) is 0 Å². The minimum Gasteiger partial charge on any atom is -0.496 e. The summed E-state index contributed by atoms with van der Waals surface area (Å²) in [6.45, 7) is 0. The first-order valence-corrected chi connectivity index (χ1v) is 5.36. The van der Waals surface area contributed by atoms with Gasteiger partial charge in [0.25, 0.3) is 0 Å². The molecule has 5 heteroatoms. The van der Waals surface area contributed by atoms with Crippen LogP contribution in [0.2, 0.25) is 5.02 Å². The van der Waals surface area contributed by atoms with Gasteiger partial charge in [-0.2, -0.15) is 0 Å². The van der Waals surface area contributed by atoms with E-state index in [2.05, 4.69) is 5.32 Å². The van der Waals surface area contributed by atoms with Gasteiger partial charge in [-0.1, -0.05) is 11.6 Å². The fourth-order valence-electron chi connectivity index (χ4n) is 1.92. The molecule has 16 heavy (non-hydrogen) atoms. The highest BCUT2D eigenvalue weighted by Gasteiger charge is 2.26. The van der Waals surface area contributed by atoms with Crippen molar-refractivity contribution in [2.75, 3.05) is 12.4 Å². The summed E-state index contributed by atoms with van der Waals surface area (Å²) < 4.78 is 5.22. The monoisotopic (exact) mass is 241 g/mol. The SMILES string of the molecule is COc1ccc(Cl)c2c1CCC(C(=O)O)N2. The minimum absolute atomic E-state index is 0.529. The number of carboxylic acid groups (broad SMARTS) is 1. The number of benzene rings is 1. The van der Waals surface area contributed by atoms with E-state index in [4.69, 9.17) is 21.4 Å². The molecule has 1 aliphatic rings. The number of rotatable bonds is 2. The largest absolute Gasteiger partial charge is 0.496 e. The van der Waals surface area contributed by atoms with Gasteiger partial charge in [-0.05, 0) is 25.0 Å². The van der Waals surface area contributed by atoms with Crippen LogP contribution in [0.4, 0.5) is 5.69 Å². The summed E-state index contributed by atoms with van der Waals surface area (Å²) in [5, 5.41) is 12.4. The Kier molecular flexibility index (Phi) is 2.92. The first-order valence-electron chi connectivity index (χ1n) is 4.98. The average Bonchev–Trinajstić information content (AvgIpc) is 2.29. The maximum Gasteiger partial charge on any atom is 0.326 e. The van der Waals surface area contributed by atoms with Gasteiger partial charge in [0, 0.05) is 5.56 Å². The number of nitrogens with one attached hydrogen (secondary N) is 1. The molecule has 1 aromatic carbocycles. The third-order valence-electron chi connectivity index (χ3n) is 2.74. The Balaban J connectivity index is 2.41. The van der Waals surface area contributed by atoms with Gasteiger partial charge >= 0.3 is 5.97 Å². The lowest BCUT2D eigenvalue weighted by molar-refractivity contribution is -0.138. The van der Waals surface area contributed by atoms with E-state index < -0.39 is 12.0 Å². The lowest BCUT2D eigenvalue weighted by Crippen LogP contribution is -2.33. The van der Waals surface area contributed by atoms with E-state index >= 15 is 0 Å². The second kappa shape index (κ2) is 4.22. The molecule has 0 amide bonds. The molecule has 0 aromatic heterocycles. The molecule has 0 bridgehead atoms. The number of anilines is 1. The van der Waals surface area contributed by atoms with Crippen molar-refractivity contribution in [1.82, 2.24) is 0 Å². The first-order chi connectivity index (χ1) is 7.63. The van der Waals surface area contributed by atoms with Crippen molar-refractivity contribution in [3.8, 4) is 5.75 Å². The molecule has 2 N–H and O–H groups in total. The van der Waals surface area contributed by atoms with E-state index in [0.717, 1.165) is 11.3 Å². The van der Waals surface area contributed by atoms with Crippen molar-refractivity contribution >= 4 is 23.3 Å². The van der Waals surface area contributed by atoms with Gasteiger partial charge in [0.1, 0.15) is 11.8 Å². The van der Waals surface area contributed by atoms with Gasteiger partial charge in [0.05, 0.1) is 17.8 Å². The Bertz CT molecular complexity index is 433. The first kappa shape index (κ1) is 11.1. The molecular weight excluding hydrogens is 230 g/mol. The van der Waals surface area contributed by atoms with Gasteiger partial charge in [-0.15, -0.1) is 0 Å². The standard InChI is InChI=1S/C11H12ClNO3/c1-16-9-5-3-7(12)10-6(9)2-4-8(13-10)11(14)15/h3,5,8,13H,2,4H2,1H3,(H,14,15). The second-order valence-corrected chi connectivity index (χ2v) is 4.08. The highest BCUT2D eigenvalue weighted by Crippen LogP contribution is 2.37. The third kappa shape index (κ3) is 1.80. The van der Waals surface area contributed by atoms with Crippen LogP contribution in [0.1, 0.15) is 12.0 Å². The topological polar surface area (TPSA) is 58.6 Å². The van der Waals surface area contributed by atoms with Crippen LogP contribution in [0.15, 0.2) is 12.1 Å². The zero-order valence-corrected chi connectivity index (χ0v) is 9.54. The van der Waals surface area contributed by atoms with Gasteiger partial charge in [-0.25, -0.2) is 4.79 Å². The lowest BCUT2D eigenvalue weighted by atomic mass is 9.97. The number of hydrogen-bond donors (Lipinski definition) is 2. The Labute approximate surface area is 98.2 Å². The maximum atomic E-state index is 10.9. The third-order valence-corrected chi connectivity index (χ3v) is 3.05. The second-order valence-electron chi connectivity index (χ2n) is 3.68. The number of fused-ring (bicyclic) bond motifs is 1. The Morgan fingerprint density at radius 2 is 2.38 bits per heavy atom. The van der Waals surface area contributed by atoms with Crippen LogP contribution in [0.5, 0.6) is 5.75 Å². The summed E-state index contributed by atoms with van der Waals surface area (Å²) >= 11 is 6.03. The molecule has 2 rings (SSSR count). The number of hydrogen-bond acceptors (Lipinski definition) is 3. The van der Waals surface area contributed by atoms with Crippen molar-refractivity contribution in [3.05, 3.63) is 22.7 Å². The number of aliphatic carboxylic acids is 1. The van der Waals surface area contributed by atoms with Crippen molar-refractivity contribution in [1.29, 1.82) is 0 Å². The molecule has 1 heterocycles. The molecule has 1 aromatic rings. The number of halogens is 1. The summed E-state index contributed by atoms with van der Waals surface area (Å²) in [6.07, 6.45) is 1.20. The molecule has 0 aliphatic carbocycles. The van der Waals surface area contributed by atoms with Crippen LogP contribution in [0.25, 0.3) is 0 Å². The van der Waals surface area contributed by atoms with Crippen LogP contribution in [-0.2, 0) is 11.2 Å². The van der Waals surface area contributed by atoms with E-state index in [1.165, 1.54) is 0 Å². The predicted octanol–water partition coefficient (Wildman–Crippen LogP) is 2.16. The van der Waals surface area contributed by atoms with Gasteiger partial charge in [0.15, 0.2) is 0 Å². The summed E-state index contributed by atoms with van der Waals surface area (Å²) in [6, 6.07) is 2.93. The summed E-state index contributed by atoms with van der Waals surface area (Å²) in [7, 11) is 1.59. The maximum absolute atomic E-state index is 10.9. The molecule has 0 spiro atoms. The fourth-order valence-corrected chi connectivity index (χ4v) is 2.15. The Morgan fingerprint density at radius 1 is 1.62 bits per heavy atom. The molecule has 0 fully saturated rings. The van der Waals surface area contributed by atoms with E-state index in [-0.39, 0.29) is 0 Å². The van der Waals surface area contributed by atoms with E-state index in [1.807, 2.05) is 0 Å². The number of methoxy groups -OCH3 is 1. The van der Waals surface area contributed by atoms with Crippen molar-refractivity contribution < 1.29 is 14.6 Å². The zero-order valence-electron chi connectivity index (χ0n) is 8.79. The van der Waals surface area contributed by atoms with Gasteiger partial charge in [0.2, 0.25) is 0 Å². The smallest absolute Gasteiger partial charge is 0.326 e. The molecular formula is C11H12ClNO3. The average molecular weight is 242 g/mol. The predicted molar refractivity (Wildman–Crippen MR) is 61.4 cm³/mol. The normalized spacial score (nSPS) is 18.5. The molecule has 4 nitrogen and oxygen atoms in total. The number of carboxylic acids is 1. The zero-order chi connectivity index (χ0) is 11.7. The summed E-state index contributed by atoms with van der Waals surface area (Å²) in [5.41, 5.74) is 1.63. The lowest BCUT2D eigenvalue weighted by Gasteiger charge is -2.26.